The van der Waals surface area contributed by atoms with Crippen LogP contribution in [0.5, 0.6) is 0 Å². The first-order chi connectivity index (χ1) is 15.4. The van der Waals surface area contributed by atoms with E-state index in [1.54, 1.807) is 6.33 Å². The van der Waals surface area contributed by atoms with E-state index >= 15 is 0 Å². The summed E-state index contributed by atoms with van der Waals surface area (Å²) in [4.78, 5) is 9.01. The quantitative estimate of drug-likeness (QED) is 0.509. The molecule has 2 heterocycles. The standard InChI is InChI=1S/C22H37N5O4SSi/c1-22(2,3)33(5,6)31-19-12-16(11-18(19)26-32(28,29)30-4)27-10-9-17-20(23-13-15-7-8-15)24-14-25-21(17)27/h9-10,14-16,18-19,26H,7-8,11-13H2,1-6H3,(H,23,24,25)/t16-,18+,19+/m1/s1. The largest absolute Gasteiger partial charge is 0.412 e. The van der Waals surface area contributed by atoms with Crippen LogP contribution in [0.4, 0.5) is 5.82 Å². The van der Waals surface area contributed by atoms with Crippen molar-refractivity contribution in [2.24, 2.45) is 5.92 Å². The van der Waals surface area contributed by atoms with E-state index in [0.717, 1.165) is 29.3 Å². The van der Waals surface area contributed by atoms with E-state index in [4.69, 9.17) is 4.43 Å². The van der Waals surface area contributed by atoms with Crippen molar-refractivity contribution in [3.05, 3.63) is 18.6 Å². The molecule has 11 heteroatoms. The van der Waals surface area contributed by atoms with Crippen LogP contribution in [0.1, 0.15) is 52.5 Å². The van der Waals surface area contributed by atoms with Crippen LogP contribution >= 0.6 is 0 Å². The molecule has 2 N–H and O–H groups in total. The zero-order chi connectivity index (χ0) is 24.0. The molecule has 0 aliphatic heterocycles. The highest BCUT2D eigenvalue weighted by Gasteiger charge is 2.45. The second-order valence-electron chi connectivity index (χ2n) is 10.9. The lowest BCUT2D eigenvalue weighted by Gasteiger charge is -2.39. The molecule has 0 radical (unpaired) electrons. The van der Waals surface area contributed by atoms with Gasteiger partial charge in [-0.3, -0.25) is 4.18 Å². The highest BCUT2D eigenvalue weighted by Crippen LogP contribution is 2.42. The van der Waals surface area contributed by atoms with Gasteiger partial charge in [-0.1, -0.05) is 20.8 Å². The Labute approximate surface area is 198 Å². The molecule has 2 fully saturated rings. The maximum atomic E-state index is 12.2. The third-order valence-electron chi connectivity index (χ3n) is 7.40. The van der Waals surface area contributed by atoms with Gasteiger partial charge in [0.2, 0.25) is 0 Å². The number of fused-ring (bicyclic) bond motifs is 1. The molecule has 2 aromatic heterocycles. The van der Waals surface area contributed by atoms with Crippen LogP contribution < -0.4 is 10.0 Å². The Kier molecular flexibility index (Phi) is 6.64. The molecule has 2 aliphatic rings. The lowest BCUT2D eigenvalue weighted by molar-refractivity contribution is 0.161. The summed E-state index contributed by atoms with van der Waals surface area (Å²) in [6.07, 6.45) is 7.23. The Morgan fingerprint density at radius 3 is 2.58 bits per heavy atom. The smallest absolute Gasteiger partial charge is 0.335 e. The van der Waals surface area contributed by atoms with Crippen molar-refractivity contribution in [1.29, 1.82) is 0 Å². The van der Waals surface area contributed by atoms with Gasteiger partial charge in [-0.15, -0.1) is 0 Å². The van der Waals surface area contributed by atoms with Crippen molar-refractivity contribution < 1.29 is 17.0 Å². The molecular formula is C22H37N5O4SSi. The average Bonchev–Trinajstić information content (AvgIpc) is 3.34. The van der Waals surface area contributed by atoms with E-state index in [0.29, 0.717) is 12.8 Å². The molecule has 2 aliphatic carbocycles. The molecule has 4 rings (SSSR count). The molecule has 0 saturated heterocycles. The Bertz CT molecular complexity index is 1090. The Hall–Kier alpha value is -1.53. The average molecular weight is 496 g/mol. The van der Waals surface area contributed by atoms with Gasteiger partial charge in [0.1, 0.15) is 17.8 Å². The van der Waals surface area contributed by atoms with Crippen LogP contribution in [0, 0.1) is 5.92 Å². The molecule has 2 saturated carbocycles. The summed E-state index contributed by atoms with van der Waals surface area (Å²) >= 11 is 0. The van der Waals surface area contributed by atoms with Crippen molar-refractivity contribution in [3.63, 3.8) is 0 Å². The van der Waals surface area contributed by atoms with Crippen molar-refractivity contribution >= 4 is 35.5 Å². The van der Waals surface area contributed by atoms with Gasteiger partial charge in [0.25, 0.3) is 0 Å². The Balaban J connectivity index is 1.60. The van der Waals surface area contributed by atoms with Crippen LogP contribution in [0.3, 0.4) is 0 Å². The van der Waals surface area contributed by atoms with Gasteiger partial charge >= 0.3 is 10.3 Å². The molecule has 33 heavy (non-hydrogen) atoms. The normalized spacial score (nSPS) is 24.5. The molecule has 0 spiro atoms. The summed E-state index contributed by atoms with van der Waals surface area (Å²) in [5.74, 6) is 1.60. The van der Waals surface area contributed by atoms with Crippen LogP contribution in [-0.4, -0.2) is 57.1 Å². The fourth-order valence-corrected chi connectivity index (χ4v) is 6.30. The lowest BCUT2D eigenvalue weighted by Crippen LogP contribution is -2.49. The Morgan fingerprint density at radius 2 is 1.94 bits per heavy atom. The molecule has 9 nitrogen and oxygen atoms in total. The fourth-order valence-electron chi connectivity index (χ4n) is 4.21. The fraction of sp³-hybridized carbons (Fsp3) is 0.727. The van der Waals surface area contributed by atoms with Crippen LogP contribution in [-0.2, 0) is 18.9 Å². The van der Waals surface area contributed by atoms with Crippen molar-refractivity contribution in [1.82, 2.24) is 19.3 Å². The summed E-state index contributed by atoms with van der Waals surface area (Å²) in [7, 11) is -4.78. The SMILES string of the molecule is COS(=O)(=O)N[C@H]1C[C@@H](n2ccc3c(NCC4CC4)ncnc32)C[C@@H]1O[Si](C)(C)C(C)(C)C. The number of aromatic nitrogens is 3. The van der Waals surface area contributed by atoms with Gasteiger partial charge in [-0.25, -0.2) is 9.97 Å². The van der Waals surface area contributed by atoms with Crippen LogP contribution in [0.2, 0.25) is 18.1 Å². The second kappa shape index (κ2) is 8.92. The summed E-state index contributed by atoms with van der Waals surface area (Å²) in [5.41, 5.74) is 0.856. The van der Waals surface area contributed by atoms with Crippen molar-refractivity contribution in [3.8, 4) is 0 Å². The van der Waals surface area contributed by atoms with Crippen LogP contribution in [0.25, 0.3) is 11.0 Å². The molecule has 0 bridgehead atoms. The molecule has 2 aromatic rings. The Morgan fingerprint density at radius 1 is 1.21 bits per heavy atom. The van der Waals surface area contributed by atoms with Gasteiger partial charge in [0.05, 0.1) is 24.6 Å². The van der Waals surface area contributed by atoms with Crippen molar-refractivity contribution in [2.45, 2.75) is 82.8 Å². The summed E-state index contributed by atoms with van der Waals surface area (Å²) in [6.45, 7) is 11.9. The number of rotatable bonds is 9. The first kappa shape index (κ1) is 24.6. The number of hydrogen-bond acceptors (Lipinski definition) is 7. The number of nitrogens with zero attached hydrogens (tertiary/aromatic N) is 3. The molecular weight excluding hydrogens is 458 g/mol. The maximum Gasteiger partial charge on any atom is 0.335 e. The number of anilines is 1. The second-order valence-corrected chi connectivity index (χ2v) is 17.1. The predicted octanol–water partition coefficient (Wildman–Crippen LogP) is 3.83. The predicted molar refractivity (Wildman–Crippen MR) is 132 cm³/mol. The highest BCUT2D eigenvalue weighted by molar-refractivity contribution is 7.84. The van der Waals surface area contributed by atoms with E-state index < -0.39 is 18.6 Å². The number of hydrogen-bond donors (Lipinski definition) is 2. The first-order valence-corrected chi connectivity index (χ1v) is 16.0. The van der Waals surface area contributed by atoms with Gasteiger partial charge < -0.3 is 14.3 Å². The monoisotopic (exact) mass is 495 g/mol. The molecule has 0 unspecified atom stereocenters. The first-order valence-electron chi connectivity index (χ1n) is 11.7. The third kappa shape index (κ3) is 5.42. The summed E-state index contributed by atoms with van der Waals surface area (Å²) < 4.78 is 40.7. The van der Waals surface area contributed by atoms with Crippen LogP contribution in [0.15, 0.2) is 18.6 Å². The third-order valence-corrected chi connectivity index (χ3v) is 12.9. The minimum absolute atomic E-state index is 0.0191. The van der Waals surface area contributed by atoms with E-state index in [9.17, 15) is 8.42 Å². The van der Waals surface area contributed by atoms with E-state index in [-0.39, 0.29) is 23.2 Å². The van der Waals surface area contributed by atoms with Gasteiger partial charge in [0.15, 0.2) is 8.32 Å². The van der Waals surface area contributed by atoms with E-state index in [1.165, 1.54) is 20.0 Å². The topological polar surface area (TPSA) is 107 Å². The van der Waals surface area contributed by atoms with Gasteiger partial charge in [0, 0.05) is 18.8 Å². The molecule has 184 valence electrons. The minimum Gasteiger partial charge on any atom is -0.412 e. The number of nitrogens with one attached hydrogen (secondary N) is 2. The highest BCUT2D eigenvalue weighted by atomic mass is 32.2. The van der Waals surface area contributed by atoms with E-state index in [2.05, 4.69) is 62.6 Å². The lowest BCUT2D eigenvalue weighted by atomic mass is 10.2. The summed E-state index contributed by atoms with van der Waals surface area (Å²) in [6, 6.07) is 1.72. The maximum absolute atomic E-state index is 12.2. The molecule has 3 atom stereocenters. The minimum atomic E-state index is -3.84. The molecule has 0 aromatic carbocycles. The molecule has 0 amide bonds. The van der Waals surface area contributed by atoms with Gasteiger partial charge in [-0.2, -0.15) is 13.1 Å². The van der Waals surface area contributed by atoms with E-state index in [1.807, 2.05) is 12.3 Å². The zero-order valence-corrected chi connectivity index (χ0v) is 22.3. The summed E-state index contributed by atoms with van der Waals surface area (Å²) in [5, 5.41) is 4.47. The van der Waals surface area contributed by atoms with Crippen molar-refractivity contribution in [2.75, 3.05) is 19.0 Å². The zero-order valence-electron chi connectivity index (χ0n) is 20.5. The van der Waals surface area contributed by atoms with Gasteiger partial charge in [-0.05, 0) is 55.8 Å².